The first-order valence-corrected chi connectivity index (χ1v) is 13.4. The number of aliphatic carboxylic acids is 1. The summed E-state index contributed by atoms with van der Waals surface area (Å²) in [4.78, 5) is 13.7. The summed E-state index contributed by atoms with van der Waals surface area (Å²) in [6.45, 7) is 4.56. The van der Waals surface area contributed by atoms with Gasteiger partial charge in [0.25, 0.3) is 0 Å². The molecular formula is C28H29N3O5S. The largest absolute Gasteiger partial charge is 0.489 e. The lowest BCUT2D eigenvalue weighted by molar-refractivity contribution is -0.136. The molecule has 4 rings (SSSR count). The number of nitrogens with zero attached hydrogens (tertiary/aromatic N) is 3. The summed E-state index contributed by atoms with van der Waals surface area (Å²) in [6, 6.07) is 21.5. The highest BCUT2D eigenvalue weighted by Crippen LogP contribution is 2.25. The van der Waals surface area contributed by atoms with Crippen molar-refractivity contribution < 1.29 is 23.1 Å². The predicted molar refractivity (Wildman–Crippen MR) is 138 cm³/mol. The van der Waals surface area contributed by atoms with E-state index in [0.717, 1.165) is 16.7 Å². The van der Waals surface area contributed by atoms with Gasteiger partial charge in [0.05, 0.1) is 22.9 Å². The van der Waals surface area contributed by atoms with Crippen LogP contribution in [0, 0.1) is 18.3 Å². The van der Waals surface area contributed by atoms with E-state index in [1.54, 1.807) is 48.5 Å². The third-order valence-corrected chi connectivity index (χ3v) is 8.25. The number of carboxylic acid groups (broad SMARTS) is 1. The summed E-state index contributed by atoms with van der Waals surface area (Å²) in [5.41, 5.74) is 4.02. The van der Waals surface area contributed by atoms with Crippen molar-refractivity contribution in [2.75, 3.05) is 26.2 Å². The van der Waals surface area contributed by atoms with E-state index in [1.165, 1.54) is 4.31 Å². The Balaban J connectivity index is 1.44. The van der Waals surface area contributed by atoms with Gasteiger partial charge in [-0.25, -0.2) is 8.42 Å². The van der Waals surface area contributed by atoms with Crippen LogP contribution in [0.5, 0.6) is 5.75 Å². The van der Waals surface area contributed by atoms with Crippen molar-refractivity contribution in [2.24, 2.45) is 0 Å². The second-order valence-electron chi connectivity index (χ2n) is 9.10. The normalized spacial score (nSPS) is 14.7. The number of carbonyl (C=O) groups is 1. The molecule has 1 N–H and O–H groups in total. The molecule has 37 heavy (non-hydrogen) atoms. The van der Waals surface area contributed by atoms with E-state index in [2.05, 4.69) is 11.0 Å². The number of piperazine rings is 1. The second-order valence-corrected chi connectivity index (χ2v) is 11.0. The number of rotatable bonds is 9. The number of nitriles is 1. The van der Waals surface area contributed by atoms with Gasteiger partial charge in [-0.15, -0.1) is 0 Å². The van der Waals surface area contributed by atoms with Crippen LogP contribution in [0.25, 0.3) is 0 Å². The highest BCUT2D eigenvalue weighted by atomic mass is 32.2. The van der Waals surface area contributed by atoms with E-state index in [0.29, 0.717) is 61.1 Å². The van der Waals surface area contributed by atoms with Crippen LogP contribution in [0.4, 0.5) is 0 Å². The second kappa shape index (κ2) is 11.6. The van der Waals surface area contributed by atoms with Gasteiger partial charge in [0.2, 0.25) is 10.0 Å². The molecule has 1 saturated heterocycles. The van der Waals surface area contributed by atoms with Crippen LogP contribution < -0.4 is 4.74 Å². The zero-order chi connectivity index (χ0) is 26.4. The van der Waals surface area contributed by atoms with Crippen molar-refractivity contribution in [1.29, 1.82) is 5.26 Å². The van der Waals surface area contributed by atoms with E-state index in [4.69, 9.17) is 10.00 Å². The molecule has 8 nitrogen and oxygen atoms in total. The van der Waals surface area contributed by atoms with E-state index >= 15 is 0 Å². The van der Waals surface area contributed by atoms with Gasteiger partial charge in [0, 0.05) is 38.3 Å². The molecular weight excluding hydrogens is 490 g/mol. The predicted octanol–water partition coefficient (Wildman–Crippen LogP) is 3.58. The molecule has 0 aliphatic carbocycles. The molecule has 0 radical (unpaired) electrons. The molecule has 3 aromatic carbocycles. The lowest BCUT2D eigenvalue weighted by Crippen LogP contribution is -2.48. The van der Waals surface area contributed by atoms with Crippen LogP contribution in [0.2, 0.25) is 0 Å². The van der Waals surface area contributed by atoms with Gasteiger partial charge >= 0.3 is 5.97 Å². The highest BCUT2D eigenvalue weighted by Gasteiger charge is 2.28. The molecule has 0 spiro atoms. The van der Waals surface area contributed by atoms with E-state index in [1.807, 2.05) is 25.1 Å². The van der Waals surface area contributed by atoms with Crippen molar-refractivity contribution in [1.82, 2.24) is 9.21 Å². The quantitative estimate of drug-likeness (QED) is 0.460. The first-order valence-electron chi connectivity index (χ1n) is 12.0. The molecule has 192 valence electrons. The average Bonchev–Trinajstić information content (AvgIpc) is 2.89. The van der Waals surface area contributed by atoms with Gasteiger partial charge in [-0.1, -0.05) is 42.0 Å². The average molecular weight is 520 g/mol. The SMILES string of the molecule is Cc1ccc(S(=O)(=O)N2CCN(Cc3cc(CC(=O)O)ccc3OCc3ccc(C#N)cc3)CC2)cc1. The molecule has 1 aliphatic heterocycles. The third kappa shape index (κ3) is 6.74. The van der Waals surface area contributed by atoms with Crippen molar-refractivity contribution in [2.45, 2.75) is 31.4 Å². The molecule has 1 fully saturated rings. The summed E-state index contributed by atoms with van der Waals surface area (Å²) in [5.74, 6) is -0.264. The Hall–Kier alpha value is -3.71. The molecule has 0 amide bonds. The fourth-order valence-corrected chi connectivity index (χ4v) is 5.67. The van der Waals surface area contributed by atoms with Crippen molar-refractivity contribution in [3.8, 4) is 11.8 Å². The van der Waals surface area contributed by atoms with Crippen molar-refractivity contribution in [3.63, 3.8) is 0 Å². The number of carboxylic acids is 1. The first-order chi connectivity index (χ1) is 17.7. The Morgan fingerprint density at radius 2 is 1.62 bits per heavy atom. The van der Waals surface area contributed by atoms with E-state index in [9.17, 15) is 18.3 Å². The van der Waals surface area contributed by atoms with Crippen LogP contribution in [0.3, 0.4) is 0 Å². The summed E-state index contributed by atoms with van der Waals surface area (Å²) in [6.07, 6.45) is -0.0918. The Labute approximate surface area is 217 Å². The van der Waals surface area contributed by atoms with Crippen LogP contribution in [0.1, 0.15) is 27.8 Å². The van der Waals surface area contributed by atoms with Crippen LogP contribution in [-0.2, 0) is 34.4 Å². The standard InChI is InChI=1S/C28H29N3O5S/c1-21-2-9-26(10-3-21)37(34,35)31-14-12-30(13-15-31)19-25-16-24(17-28(32)33)8-11-27(25)36-20-23-6-4-22(18-29)5-7-23/h2-11,16H,12-15,17,19-20H2,1H3,(H,32,33). The number of benzene rings is 3. The molecule has 0 aromatic heterocycles. The Morgan fingerprint density at radius 1 is 0.973 bits per heavy atom. The van der Waals surface area contributed by atoms with Crippen LogP contribution >= 0.6 is 0 Å². The van der Waals surface area contributed by atoms with Gasteiger partial charge in [-0.2, -0.15) is 9.57 Å². The van der Waals surface area contributed by atoms with Crippen LogP contribution in [0.15, 0.2) is 71.6 Å². The Bertz CT molecular complexity index is 1390. The molecule has 1 heterocycles. The molecule has 9 heteroatoms. The molecule has 3 aromatic rings. The highest BCUT2D eigenvalue weighted by molar-refractivity contribution is 7.89. The van der Waals surface area contributed by atoms with Gasteiger partial charge in [0.1, 0.15) is 12.4 Å². The molecule has 0 atom stereocenters. The van der Waals surface area contributed by atoms with Crippen LogP contribution in [-0.4, -0.2) is 54.9 Å². The Morgan fingerprint density at radius 3 is 2.24 bits per heavy atom. The maximum atomic E-state index is 13.0. The maximum Gasteiger partial charge on any atom is 0.307 e. The zero-order valence-electron chi connectivity index (χ0n) is 20.6. The topological polar surface area (TPSA) is 111 Å². The number of ether oxygens (including phenoxy) is 1. The third-order valence-electron chi connectivity index (χ3n) is 6.34. The summed E-state index contributed by atoms with van der Waals surface area (Å²) in [7, 11) is -3.55. The maximum absolute atomic E-state index is 13.0. The summed E-state index contributed by atoms with van der Waals surface area (Å²) >= 11 is 0. The van der Waals surface area contributed by atoms with Gasteiger partial charge in [0.15, 0.2) is 0 Å². The van der Waals surface area contributed by atoms with E-state index in [-0.39, 0.29) is 6.42 Å². The van der Waals surface area contributed by atoms with Crippen molar-refractivity contribution in [3.05, 3.63) is 94.5 Å². The lowest BCUT2D eigenvalue weighted by Gasteiger charge is -2.34. The molecule has 1 aliphatic rings. The molecule has 0 bridgehead atoms. The monoisotopic (exact) mass is 519 g/mol. The first kappa shape index (κ1) is 26.4. The minimum atomic E-state index is -3.55. The van der Waals surface area contributed by atoms with Gasteiger partial charge in [-0.05, 0) is 48.4 Å². The fourth-order valence-electron chi connectivity index (χ4n) is 4.25. The minimum Gasteiger partial charge on any atom is -0.489 e. The number of sulfonamides is 1. The zero-order valence-corrected chi connectivity index (χ0v) is 21.4. The summed E-state index contributed by atoms with van der Waals surface area (Å²) < 4.78 is 33.7. The minimum absolute atomic E-state index is 0.0918. The molecule has 0 saturated carbocycles. The van der Waals surface area contributed by atoms with Gasteiger partial charge < -0.3 is 9.84 Å². The fraction of sp³-hybridized carbons (Fsp3) is 0.286. The number of aryl methyl sites for hydroxylation is 1. The lowest BCUT2D eigenvalue weighted by atomic mass is 10.1. The van der Waals surface area contributed by atoms with Crippen molar-refractivity contribution >= 4 is 16.0 Å². The number of hydrogen-bond donors (Lipinski definition) is 1. The number of hydrogen-bond acceptors (Lipinski definition) is 6. The summed E-state index contributed by atoms with van der Waals surface area (Å²) in [5, 5.41) is 18.2. The van der Waals surface area contributed by atoms with Gasteiger partial charge in [-0.3, -0.25) is 9.69 Å². The molecule has 0 unspecified atom stereocenters. The Kier molecular flexibility index (Phi) is 8.24. The van der Waals surface area contributed by atoms with E-state index < -0.39 is 16.0 Å². The smallest absolute Gasteiger partial charge is 0.307 e.